The van der Waals surface area contributed by atoms with Crippen molar-refractivity contribution in [3.8, 4) is 0 Å². The van der Waals surface area contributed by atoms with Gasteiger partial charge in [-0.2, -0.15) is 18.3 Å². The molecule has 0 aliphatic carbocycles. The van der Waals surface area contributed by atoms with Crippen LogP contribution in [-0.4, -0.2) is 15.5 Å². The van der Waals surface area contributed by atoms with Gasteiger partial charge in [-0.15, -0.1) is 0 Å². The highest BCUT2D eigenvalue weighted by Gasteiger charge is 2.34. The van der Waals surface area contributed by atoms with Crippen molar-refractivity contribution in [1.82, 2.24) is 9.61 Å². The predicted molar refractivity (Wildman–Crippen MR) is 79.6 cm³/mol. The zero-order valence-electron chi connectivity index (χ0n) is 11.4. The third-order valence-corrected chi connectivity index (χ3v) is 3.61. The minimum atomic E-state index is -4.62. The van der Waals surface area contributed by atoms with Crippen LogP contribution in [0.1, 0.15) is 15.9 Å². The van der Waals surface area contributed by atoms with Gasteiger partial charge in [0, 0.05) is 18.1 Å². The first-order valence-electron chi connectivity index (χ1n) is 6.47. The number of benzene rings is 1. The number of alkyl halides is 3. The van der Waals surface area contributed by atoms with Crippen molar-refractivity contribution in [2.75, 3.05) is 5.32 Å². The zero-order chi connectivity index (χ0) is 16.6. The molecule has 0 spiro atoms. The molecule has 1 N–H and O–H groups in total. The standard InChI is InChI=1S/C15H9ClF3N3O/c16-13-11(2-1-3-12(13)15(17,18)19)14(23)21-9-5-7-22-10(8-9)4-6-20-22/h1-8H,(H,21,23). The van der Waals surface area contributed by atoms with Gasteiger partial charge in [0.05, 0.1) is 21.7 Å². The number of anilines is 1. The lowest BCUT2D eigenvalue weighted by molar-refractivity contribution is -0.137. The smallest absolute Gasteiger partial charge is 0.322 e. The Balaban J connectivity index is 1.91. The molecule has 3 aromatic rings. The summed E-state index contributed by atoms with van der Waals surface area (Å²) in [6.45, 7) is 0. The average Bonchev–Trinajstić information content (AvgIpc) is 2.93. The van der Waals surface area contributed by atoms with E-state index in [9.17, 15) is 18.0 Å². The summed E-state index contributed by atoms with van der Waals surface area (Å²) in [5, 5.41) is 5.91. The summed E-state index contributed by atoms with van der Waals surface area (Å²) >= 11 is 5.74. The van der Waals surface area contributed by atoms with Gasteiger partial charge in [-0.3, -0.25) is 4.79 Å². The third kappa shape index (κ3) is 3.00. The van der Waals surface area contributed by atoms with E-state index in [4.69, 9.17) is 11.6 Å². The van der Waals surface area contributed by atoms with Crippen LogP contribution in [0, 0.1) is 0 Å². The number of hydrogen-bond donors (Lipinski definition) is 1. The summed E-state index contributed by atoms with van der Waals surface area (Å²) in [4.78, 5) is 12.2. The number of carbonyl (C=O) groups excluding carboxylic acids is 1. The van der Waals surface area contributed by atoms with Gasteiger partial charge in [-0.1, -0.05) is 17.7 Å². The Kier molecular flexibility index (Phi) is 3.73. The second-order valence-electron chi connectivity index (χ2n) is 4.74. The van der Waals surface area contributed by atoms with E-state index >= 15 is 0 Å². The fraction of sp³-hybridized carbons (Fsp3) is 0.0667. The molecular formula is C15H9ClF3N3O. The van der Waals surface area contributed by atoms with Crippen LogP contribution >= 0.6 is 11.6 Å². The Labute approximate surface area is 133 Å². The van der Waals surface area contributed by atoms with Crippen LogP contribution in [0.15, 0.2) is 48.8 Å². The monoisotopic (exact) mass is 339 g/mol. The summed E-state index contributed by atoms with van der Waals surface area (Å²) in [6.07, 6.45) is -1.41. The number of fused-ring (bicyclic) bond motifs is 1. The molecule has 0 saturated carbocycles. The van der Waals surface area contributed by atoms with Gasteiger partial charge < -0.3 is 5.32 Å². The number of aromatic nitrogens is 2. The largest absolute Gasteiger partial charge is 0.417 e. The number of hydrogen-bond acceptors (Lipinski definition) is 2. The first kappa shape index (κ1) is 15.4. The topological polar surface area (TPSA) is 46.4 Å². The molecule has 0 unspecified atom stereocenters. The van der Waals surface area contributed by atoms with Crippen molar-refractivity contribution in [1.29, 1.82) is 0 Å². The molecule has 3 rings (SSSR count). The normalized spacial score (nSPS) is 11.7. The molecular weight excluding hydrogens is 331 g/mol. The molecule has 4 nitrogen and oxygen atoms in total. The third-order valence-electron chi connectivity index (χ3n) is 3.21. The lowest BCUT2D eigenvalue weighted by atomic mass is 10.1. The van der Waals surface area contributed by atoms with Crippen LogP contribution in [0.3, 0.4) is 0 Å². The number of nitrogens with one attached hydrogen (secondary N) is 1. The Morgan fingerprint density at radius 3 is 2.74 bits per heavy atom. The molecule has 0 aliphatic heterocycles. The van der Waals surface area contributed by atoms with E-state index in [-0.39, 0.29) is 5.56 Å². The average molecular weight is 340 g/mol. The van der Waals surface area contributed by atoms with Gasteiger partial charge in [0.1, 0.15) is 0 Å². The van der Waals surface area contributed by atoms with E-state index in [1.54, 1.807) is 35.1 Å². The van der Waals surface area contributed by atoms with E-state index in [1.165, 1.54) is 6.07 Å². The highest BCUT2D eigenvalue weighted by molar-refractivity contribution is 6.35. The van der Waals surface area contributed by atoms with E-state index in [0.717, 1.165) is 17.6 Å². The van der Waals surface area contributed by atoms with Crippen molar-refractivity contribution in [2.24, 2.45) is 0 Å². The quantitative estimate of drug-likeness (QED) is 0.758. The number of pyridine rings is 1. The minimum absolute atomic E-state index is 0.241. The fourth-order valence-corrected chi connectivity index (χ4v) is 2.44. The van der Waals surface area contributed by atoms with Crippen LogP contribution in [0.5, 0.6) is 0 Å². The van der Waals surface area contributed by atoms with E-state index < -0.39 is 22.7 Å². The van der Waals surface area contributed by atoms with Gasteiger partial charge in [-0.25, -0.2) is 4.52 Å². The van der Waals surface area contributed by atoms with E-state index in [0.29, 0.717) is 5.69 Å². The molecule has 0 fully saturated rings. The Bertz CT molecular complexity index is 889. The molecule has 0 atom stereocenters. The van der Waals surface area contributed by atoms with Gasteiger partial charge in [0.15, 0.2) is 0 Å². The fourth-order valence-electron chi connectivity index (χ4n) is 2.12. The molecule has 1 amide bonds. The second-order valence-corrected chi connectivity index (χ2v) is 5.11. The van der Waals surface area contributed by atoms with Crippen LogP contribution in [0.2, 0.25) is 5.02 Å². The molecule has 1 aromatic carbocycles. The Hall–Kier alpha value is -2.54. The second kappa shape index (κ2) is 5.58. The van der Waals surface area contributed by atoms with Crippen molar-refractivity contribution < 1.29 is 18.0 Å². The van der Waals surface area contributed by atoms with Crippen molar-refractivity contribution in [2.45, 2.75) is 6.18 Å². The molecule has 8 heteroatoms. The number of nitrogens with zero attached hydrogens (tertiary/aromatic N) is 2. The Morgan fingerprint density at radius 1 is 1.22 bits per heavy atom. The highest BCUT2D eigenvalue weighted by Crippen LogP contribution is 2.36. The maximum Gasteiger partial charge on any atom is 0.417 e. The number of carbonyl (C=O) groups is 1. The van der Waals surface area contributed by atoms with Crippen molar-refractivity contribution in [3.05, 3.63) is 64.9 Å². The number of halogens is 4. The Morgan fingerprint density at radius 2 is 2.00 bits per heavy atom. The maximum absolute atomic E-state index is 12.8. The highest BCUT2D eigenvalue weighted by atomic mass is 35.5. The van der Waals surface area contributed by atoms with Gasteiger partial charge >= 0.3 is 6.18 Å². The van der Waals surface area contributed by atoms with Gasteiger partial charge in [0.25, 0.3) is 5.91 Å². The molecule has 2 heterocycles. The maximum atomic E-state index is 12.8. The van der Waals surface area contributed by atoms with Gasteiger partial charge in [-0.05, 0) is 30.3 Å². The summed E-state index contributed by atoms with van der Waals surface area (Å²) in [7, 11) is 0. The minimum Gasteiger partial charge on any atom is -0.322 e. The summed E-state index contributed by atoms with van der Waals surface area (Å²) in [5.74, 6) is -0.718. The molecule has 2 aromatic heterocycles. The molecule has 0 saturated heterocycles. The number of rotatable bonds is 2. The first-order chi connectivity index (χ1) is 10.9. The van der Waals surface area contributed by atoms with E-state index in [1.807, 2.05) is 0 Å². The van der Waals surface area contributed by atoms with E-state index in [2.05, 4.69) is 10.4 Å². The lowest BCUT2D eigenvalue weighted by Gasteiger charge is -2.12. The zero-order valence-corrected chi connectivity index (χ0v) is 12.2. The van der Waals surface area contributed by atoms with Crippen LogP contribution < -0.4 is 5.32 Å². The summed E-state index contributed by atoms with van der Waals surface area (Å²) in [5.41, 5.74) is -0.123. The van der Waals surface area contributed by atoms with Crippen LogP contribution in [0.4, 0.5) is 18.9 Å². The molecule has 0 bridgehead atoms. The number of amides is 1. The SMILES string of the molecule is O=C(Nc1ccn2nccc2c1)c1cccc(C(F)(F)F)c1Cl. The van der Waals surface area contributed by atoms with Crippen LogP contribution in [-0.2, 0) is 6.18 Å². The van der Waals surface area contributed by atoms with Crippen molar-refractivity contribution >= 4 is 28.7 Å². The first-order valence-corrected chi connectivity index (χ1v) is 6.84. The molecule has 23 heavy (non-hydrogen) atoms. The lowest BCUT2D eigenvalue weighted by Crippen LogP contribution is -2.15. The van der Waals surface area contributed by atoms with Crippen molar-refractivity contribution in [3.63, 3.8) is 0 Å². The van der Waals surface area contributed by atoms with Crippen LogP contribution in [0.25, 0.3) is 5.52 Å². The summed E-state index contributed by atoms with van der Waals surface area (Å²) in [6, 6.07) is 8.17. The molecule has 118 valence electrons. The predicted octanol–water partition coefficient (Wildman–Crippen LogP) is 4.26. The molecule has 0 radical (unpaired) electrons. The summed E-state index contributed by atoms with van der Waals surface area (Å²) < 4.78 is 40.1. The van der Waals surface area contributed by atoms with Gasteiger partial charge in [0.2, 0.25) is 0 Å². The molecule has 0 aliphatic rings.